The van der Waals surface area contributed by atoms with Crippen molar-refractivity contribution < 1.29 is 95.2 Å². The van der Waals surface area contributed by atoms with Gasteiger partial charge >= 0.3 is 20.8 Å². The number of benzene rings is 4. The van der Waals surface area contributed by atoms with Crippen molar-refractivity contribution in [2.24, 2.45) is 20.5 Å². The zero-order valence-corrected chi connectivity index (χ0v) is 34.7. The maximum atomic E-state index is 12.6. The second-order valence-electron chi connectivity index (χ2n) is 11.4. The first-order chi connectivity index (χ1) is 27.2. The number of nitrogens with zero attached hydrogens (tertiary/aromatic N) is 4. The van der Waals surface area contributed by atoms with E-state index in [4.69, 9.17) is 14.8 Å². The Morgan fingerprint density at radius 1 is 0.483 bits per heavy atom. The summed E-state index contributed by atoms with van der Waals surface area (Å²) in [5.74, 6) is -3.38. The van der Waals surface area contributed by atoms with E-state index in [0.717, 1.165) is 18.2 Å². The van der Waals surface area contributed by atoms with E-state index >= 15 is 0 Å². The molecular formula is C26H25N5O22S7. The summed E-state index contributed by atoms with van der Waals surface area (Å²) >= 11 is 0. The van der Waals surface area contributed by atoms with Crippen LogP contribution in [0.4, 0.5) is 28.4 Å². The molecule has 27 nitrogen and oxygen atoms in total. The molecule has 0 saturated heterocycles. The third-order valence-corrected chi connectivity index (χ3v) is 14.2. The summed E-state index contributed by atoms with van der Waals surface area (Å²) < 4.78 is 222. The summed E-state index contributed by atoms with van der Waals surface area (Å²) in [5.41, 5.74) is 2.28. The van der Waals surface area contributed by atoms with Gasteiger partial charge < -0.3 is 10.8 Å². The normalized spacial score (nSPS) is 13.8. The van der Waals surface area contributed by atoms with Crippen LogP contribution in [0, 0.1) is 0 Å². The van der Waals surface area contributed by atoms with Gasteiger partial charge in [0.2, 0.25) is 0 Å². The number of sulfone groups is 2. The lowest BCUT2D eigenvalue weighted by Gasteiger charge is -2.12. The van der Waals surface area contributed by atoms with Gasteiger partial charge in [0.15, 0.2) is 25.4 Å². The number of anilines is 1. The summed E-state index contributed by atoms with van der Waals surface area (Å²) in [6.07, 6.45) is 0. The number of hydrogen-bond donors (Lipinski definition) is 7. The van der Waals surface area contributed by atoms with Crippen molar-refractivity contribution in [3.8, 4) is 5.75 Å². The molecule has 4 aromatic rings. The lowest BCUT2D eigenvalue weighted by Crippen LogP contribution is -2.16. The summed E-state index contributed by atoms with van der Waals surface area (Å²) in [4.78, 5) is -5.40. The Balaban J connectivity index is 1.84. The summed E-state index contributed by atoms with van der Waals surface area (Å²) in [6, 6.07) is 6.20. The van der Waals surface area contributed by atoms with Crippen molar-refractivity contribution in [1.82, 2.24) is 0 Å². The van der Waals surface area contributed by atoms with E-state index < -0.39 is 159 Å². The molecule has 0 saturated carbocycles. The second kappa shape index (κ2) is 17.0. The average molecular weight is 984 g/mol. The van der Waals surface area contributed by atoms with Gasteiger partial charge in [0.05, 0.1) is 40.2 Å². The Hall–Kier alpha value is -4.69. The van der Waals surface area contributed by atoms with E-state index in [-0.39, 0.29) is 5.69 Å². The average Bonchev–Trinajstić information content (AvgIpc) is 3.08. The van der Waals surface area contributed by atoms with Crippen LogP contribution in [0.5, 0.6) is 5.75 Å². The SMILES string of the molecule is Nc1ccc2c(O)c(/N=N/c3ccc(S(=O)(=O)CCOS(=O)(=O)O)cc3S(=O)(=O)O)c(S(=O)(=O)O)cc2c1/N=N/c1ccc(S(=O)(=O)CCOS(=O)(=O)O)cc1S(=O)(=O)O. The van der Waals surface area contributed by atoms with Gasteiger partial charge in [-0.1, -0.05) is 0 Å². The van der Waals surface area contributed by atoms with Crippen LogP contribution in [0.1, 0.15) is 0 Å². The maximum Gasteiger partial charge on any atom is 0.397 e. The first-order valence-electron chi connectivity index (χ1n) is 15.0. The van der Waals surface area contributed by atoms with Gasteiger partial charge in [-0.15, -0.1) is 20.5 Å². The molecule has 0 aromatic heterocycles. The highest BCUT2D eigenvalue weighted by Gasteiger charge is 2.27. The van der Waals surface area contributed by atoms with Crippen LogP contribution in [0.25, 0.3) is 10.8 Å². The molecule has 0 unspecified atom stereocenters. The minimum Gasteiger partial charge on any atom is -0.505 e. The zero-order valence-electron chi connectivity index (χ0n) is 29.0. The van der Waals surface area contributed by atoms with E-state index in [1.165, 1.54) is 0 Å². The quantitative estimate of drug-likeness (QED) is 0.0451. The third kappa shape index (κ3) is 12.0. The number of rotatable bonds is 17. The van der Waals surface area contributed by atoms with Gasteiger partial charge in [0, 0.05) is 10.8 Å². The topological polar surface area (TPSA) is 454 Å². The van der Waals surface area contributed by atoms with Crippen molar-refractivity contribution in [3.05, 3.63) is 54.6 Å². The van der Waals surface area contributed by atoms with Crippen LogP contribution >= 0.6 is 0 Å². The van der Waals surface area contributed by atoms with Gasteiger partial charge in [-0.25, -0.2) is 25.2 Å². The molecule has 8 N–H and O–H groups in total. The summed E-state index contributed by atoms with van der Waals surface area (Å²) in [7, 11) is -35.4. The van der Waals surface area contributed by atoms with Crippen molar-refractivity contribution >= 4 is 110 Å². The molecule has 0 fully saturated rings. The molecule has 0 atom stereocenters. The van der Waals surface area contributed by atoms with E-state index in [1.54, 1.807) is 0 Å². The molecule has 4 rings (SSSR count). The number of hydrogen-bond acceptors (Lipinski definition) is 22. The zero-order chi connectivity index (χ0) is 45.4. The Morgan fingerprint density at radius 2 is 0.883 bits per heavy atom. The Labute approximate surface area is 339 Å². The van der Waals surface area contributed by atoms with Gasteiger partial charge in [-0.3, -0.25) is 22.8 Å². The molecule has 0 aliphatic rings. The van der Waals surface area contributed by atoms with E-state index in [2.05, 4.69) is 28.8 Å². The Morgan fingerprint density at radius 3 is 1.27 bits per heavy atom. The Kier molecular flexibility index (Phi) is 13.6. The van der Waals surface area contributed by atoms with Crippen molar-refractivity contribution in [2.45, 2.75) is 24.5 Å². The third-order valence-electron chi connectivity index (χ3n) is 7.34. The molecule has 34 heteroatoms. The monoisotopic (exact) mass is 983 g/mol. The van der Waals surface area contributed by atoms with Gasteiger partial charge in [0.1, 0.15) is 37.4 Å². The summed E-state index contributed by atoms with van der Waals surface area (Å²) in [5, 5.41) is 24.7. The second-order valence-corrected chi connectivity index (χ2v) is 22.0. The minimum atomic E-state index is -5.46. The highest BCUT2D eigenvalue weighted by atomic mass is 32.3. The number of phenolic OH excluding ortho intramolecular Hbond substituents is 1. The molecule has 0 heterocycles. The van der Waals surface area contributed by atoms with Crippen LogP contribution in [0.2, 0.25) is 0 Å². The molecule has 4 aromatic carbocycles. The smallest absolute Gasteiger partial charge is 0.397 e. The number of nitrogen functional groups attached to an aromatic ring is 1. The highest BCUT2D eigenvalue weighted by molar-refractivity contribution is 7.92. The van der Waals surface area contributed by atoms with Crippen LogP contribution < -0.4 is 5.73 Å². The van der Waals surface area contributed by atoms with Crippen LogP contribution in [0.15, 0.2) is 99.5 Å². The van der Waals surface area contributed by atoms with Gasteiger partial charge in [0.25, 0.3) is 30.4 Å². The standard InChI is InChI=1S/C26H25N5O22S7/c27-18-4-3-16-17(24(18)30-28-19-5-1-14(11-21(19)56(37,38)39)54(33,34)9-7-52-59(46,47)48)13-23(58(43,44)45)25(26(16)32)31-29-20-6-2-15(12-22(20)57(40,41)42)55(35,36)10-8-53-60(49,50)51/h1-6,11-13,32H,7-10,27H2,(H,37,38,39)(H,40,41,42)(H,43,44,45)(H,46,47,48)(H,49,50,51)/b30-28+,31-29+. The fraction of sp³-hybridized carbons (Fsp3) is 0.154. The molecule has 0 radical (unpaired) electrons. The number of fused-ring (bicyclic) bond motifs is 1. The van der Waals surface area contributed by atoms with E-state index in [0.29, 0.717) is 36.4 Å². The fourth-order valence-corrected chi connectivity index (χ4v) is 9.84. The lowest BCUT2D eigenvalue weighted by atomic mass is 10.1. The first kappa shape index (κ1) is 48.0. The van der Waals surface area contributed by atoms with Crippen molar-refractivity contribution in [1.29, 1.82) is 0 Å². The number of phenols is 1. The molecule has 328 valence electrons. The number of aromatic hydroxyl groups is 1. The van der Waals surface area contributed by atoms with Gasteiger partial charge in [-0.05, 0) is 54.6 Å². The van der Waals surface area contributed by atoms with Crippen molar-refractivity contribution in [2.75, 3.05) is 30.5 Å². The van der Waals surface area contributed by atoms with Crippen LogP contribution in [-0.4, -0.2) is 112 Å². The molecule has 0 spiro atoms. The molecule has 0 aliphatic carbocycles. The maximum absolute atomic E-state index is 12.6. The molecular weight excluding hydrogens is 959 g/mol. The summed E-state index contributed by atoms with van der Waals surface area (Å²) in [6.45, 7) is -2.22. The fourth-order valence-electron chi connectivity index (χ4n) is 4.72. The first-order valence-corrected chi connectivity index (χ1v) is 25.4. The van der Waals surface area contributed by atoms with Crippen LogP contribution in [0.3, 0.4) is 0 Å². The van der Waals surface area contributed by atoms with Crippen LogP contribution in [-0.2, 0) is 79.2 Å². The minimum absolute atomic E-state index is 0.346. The van der Waals surface area contributed by atoms with Crippen molar-refractivity contribution in [3.63, 3.8) is 0 Å². The molecule has 0 aliphatic heterocycles. The largest absolute Gasteiger partial charge is 0.505 e. The molecule has 0 amide bonds. The number of nitrogens with two attached hydrogens (primary N) is 1. The predicted molar refractivity (Wildman–Crippen MR) is 200 cm³/mol. The number of azo groups is 2. The molecule has 0 bridgehead atoms. The predicted octanol–water partition coefficient (Wildman–Crippen LogP) is 1.88. The molecule has 60 heavy (non-hydrogen) atoms. The Bertz CT molecular complexity index is 3280. The van der Waals surface area contributed by atoms with E-state index in [9.17, 15) is 77.7 Å². The highest BCUT2D eigenvalue weighted by Crippen LogP contribution is 2.46. The lowest BCUT2D eigenvalue weighted by molar-refractivity contribution is 0.282. The van der Waals surface area contributed by atoms with E-state index in [1.807, 2.05) is 0 Å². The van der Waals surface area contributed by atoms with Gasteiger partial charge in [-0.2, -0.15) is 42.1 Å².